The fourth-order valence-electron chi connectivity index (χ4n) is 2.84. The molecule has 0 spiro atoms. The van der Waals surface area contributed by atoms with Crippen LogP contribution in [-0.4, -0.2) is 25.8 Å². The summed E-state index contributed by atoms with van der Waals surface area (Å²) in [5.41, 5.74) is 2.88. The van der Waals surface area contributed by atoms with E-state index in [2.05, 4.69) is 50.4 Å². The maximum atomic E-state index is 5.63. The summed E-state index contributed by atoms with van der Waals surface area (Å²) in [7, 11) is 0. The van der Waals surface area contributed by atoms with Crippen LogP contribution in [0.1, 0.15) is 50.7 Å². The van der Waals surface area contributed by atoms with Crippen LogP contribution in [-0.2, 0) is 11.2 Å². The molecule has 0 bridgehead atoms. The Morgan fingerprint density at radius 2 is 1.95 bits per heavy atom. The zero-order valence-corrected chi connectivity index (χ0v) is 13.2. The van der Waals surface area contributed by atoms with Crippen molar-refractivity contribution in [3.05, 3.63) is 35.4 Å². The first-order valence-electron chi connectivity index (χ1n) is 8.06. The van der Waals surface area contributed by atoms with Gasteiger partial charge in [0.25, 0.3) is 0 Å². The molecule has 20 heavy (non-hydrogen) atoms. The van der Waals surface area contributed by atoms with Crippen LogP contribution in [0.15, 0.2) is 24.3 Å². The molecule has 1 aliphatic rings. The van der Waals surface area contributed by atoms with Gasteiger partial charge in [-0.2, -0.15) is 0 Å². The molecular formula is C18H29NO. The Kier molecular flexibility index (Phi) is 6.06. The molecule has 2 atom stereocenters. The number of benzene rings is 1. The Bertz CT molecular complexity index is 379. The highest BCUT2D eigenvalue weighted by Gasteiger charge is 2.15. The van der Waals surface area contributed by atoms with E-state index < -0.39 is 0 Å². The van der Waals surface area contributed by atoms with Crippen LogP contribution in [0.2, 0.25) is 0 Å². The van der Waals surface area contributed by atoms with Gasteiger partial charge in [-0.25, -0.2) is 0 Å². The van der Waals surface area contributed by atoms with Crippen molar-refractivity contribution in [3.8, 4) is 0 Å². The number of rotatable bonds is 7. The van der Waals surface area contributed by atoms with E-state index in [0.29, 0.717) is 12.0 Å². The van der Waals surface area contributed by atoms with E-state index in [0.717, 1.165) is 25.6 Å². The predicted octanol–water partition coefficient (Wildman–Crippen LogP) is 3.76. The van der Waals surface area contributed by atoms with E-state index in [1.54, 1.807) is 0 Å². The Morgan fingerprint density at radius 1 is 1.20 bits per heavy atom. The Hall–Kier alpha value is -0.860. The highest BCUT2D eigenvalue weighted by molar-refractivity contribution is 5.25. The van der Waals surface area contributed by atoms with Crippen molar-refractivity contribution < 1.29 is 4.74 Å². The molecule has 0 aromatic heterocycles. The highest BCUT2D eigenvalue weighted by Crippen LogP contribution is 2.17. The summed E-state index contributed by atoms with van der Waals surface area (Å²) >= 11 is 0. The minimum absolute atomic E-state index is 0.440. The summed E-state index contributed by atoms with van der Waals surface area (Å²) in [5, 5.41) is 3.55. The van der Waals surface area contributed by atoms with Gasteiger partial charge in [0.2, 0.25) is 0 Å². The van der Waals surface area contributed by atoms with Gasteiger partial charge in [0.05, 0.1) is 6.10 Å². The fraction of sp³-hybridized carbons (Fsp3) is 0.667. The number of nitrogens with one attached hydrogen (secondary N) is 1. The van der Waals surface area contributed by atoms with Gasteiger partial charge >= 0.3 is 0 Å². The lowest BCUT2D eigenvalue weighted by Gasteiger charge is -2.16. The molecule has 2 heteroatoms. The summed E-state index contributed by atoms with van der Waals surface area (Å²) in [5.74, 6) is 1.29. The van der Waals surface area contributed by atoms with Gasteiger partial charge in [-0.15, -0.1) is 0 Å². The van der Waals surface area contributed by atoms with E-state index in [4.69, 9.17) is 4.74 Å². The minimum Gasteiger partial charge on any atom is -0.377 e. The molecule has 1 heterocycles. The van der Waals surface area contributed by atoms with E-state index in [1.807, 2.05) is 0 Å². The van der Waals surface area contributed by atoms with Crippen LogP contribution in [0.25, 0.3) is 0 Å². The zero-order chi connectivity index (χ0) is 14.4. The van der Waals surface area contributed by atoms with Crippen LogP contribution in [0, 0.1) is 5.92 Å². The van der Waals surface area contributed by atoms with Gasteiger partial charge < -0.3 is 10.1 Å². The Labute approximate surface area is 123 Å². The lowest BCUT2D eigenvalue weighted by Crippen LogP contribution is -2.29. The summed E-state index contributed by atoms with van der Waals surface area (Å²) in [6, 6.07) is 9.14. The lowest BCUT2D eigenvalue weighted by molar-refractivity contribution is 0.110. The van der Waals surface area contributed by atoms with Crippen molar-refractivity contribution in [1.82, 2.24) is 5.32 Å². The molecule has 1 fully saturated rings. The Balaban J connectivity index is 1.75. The van der Waals surface area contributed by atoms with Crippen LogP contribution in [0.5, 0.6) is 0 Å². The summed E-state index contributed by atoms with van der Waals surface area (Å²) in [6.45, 7) is 9.80. The lowest BCUT2D eigenvalue weighted by atomic mass is 9.97. The second-order valence-electron chi connectivity index (χ2n) is 6.53. The van der Waals surface area contributed by atoms with Gasteiger partial charge in [0, 0.05) is 19.7 Å². The maximum absolute atomic E-state index is 5.63. The summed E-state index contributed by atoms with van der Waals surface area (Å²) in [6.07, 6.45) is 4.05. The third-order valence-electron chi connectivity index (χ3n) is 4.04. The smallest absolute Gasteiger partial charge is 0.0700 e. The predicted molar refractivity (Wildman–Crippen MR) is 85.2 cm³/mol. The topological polar surface area (TPSA) is 21.3 Å². The first kappa shape index (κ1) is 15.5. The molecule has 1 N–H and O–H groups in total. The third-order valence-corrected chi connectivity index (χ3v) is 4.04. The Morgan fingerprint density at radius 3 is 2.55 bits per heavy atom. The van der Waals surface area contributed by atoms with E-state index >= 15 is 0 Å². The van der Waals surface area contributed by atoms with E-state index in [1.165, 1.54) is 30.4 Å². The number of hydrogen-bond acceptors (Lipinski definition) is 2. The molecule has 1 aromatic carbocycles. The van der Waals surface area contributed by atoms with E-state index in [-0.39, 0.29) is 0 Å². The van der Waals surface area contributed by atoms with Crippen molar-refractivity contribution in [2.75, 3.05) is 19.7 Å². The van der Waals surface area contributed by atoms with E-state index in [9.17, 15) is 0 Å². The monoisotopic (exact) mass is 275 g/mol. The van der Waals surface area contributed by atoms with Gasteiger partial charge in [0.15, 0.2) is 0 Å². The first-order chi connectivity index (χ1) is 9.65. The number of ether oxygens (including phenoxy) is 1. The van der Waals surface area contributed by atoms with Crippen molar-refractivity contribution in [1.29, 1.82) is 0 Å². The third kappa shape index (κ3) is 4.92. The molecule has 2 unspecified atom stereocenters. The maximum Gasteiger partial charge on any atom is 0.0700 e. The van der Waals surface area contributed by atoms with Crippen LogP contribution in [0.4, 0.5) is 0 Å². The second kappa shape index (κ2) is 7.80. The molecule has 0 amide bonds. The first-order valence-corrected chi connectivity index (χ1v) is 8.06. The molecule has 0 saturated carbocycles. The number of hydrogen-bond donors (Lipinski definition) is 1. The zero-order valence-electron chi connectivity index (χ0n) is 13.2. The molecule has 0 radical (unpaired) electrons. The van der Waals surface area contributed by atoms with Crippen molar-refractivity contribution in [2.24, 2.45) is 5.92 Å². The average Bonchev–Trinajstić information content (AvgIpc) is 2.92. The average molecular weight is 275 g/mol. The van der Waals surface area contributed by atoms with Crippen molar-refractivity contribution in [3.63, 3.8) is 0 Å². The quantitative estimate of drug-likeness (QED) is 0.818. The van der Waals surface area contributed by atoms with Crippen molar-refractivity contribution in [2.45, 2.75) is 52.1 Å². The normalized spacial score (nSPS) is 20.5. The van der Waals surface area contributed by atoms with Crippen molar-refractivity contribution >= 4 is 0 Å². The van der Waals surface area contributed by atoms with Gasteiger partial charge in [-0.05, 0) is 42.2 Å². The molecule has 1 saturated heterocycles. The molecule has 0 aliphatic carbocycles. The largest absolute Gasteiger partial charge is 0.377 e. The standard InChI is InChI=1S/C18H29NO/c1-14(2)11-16-6-8-17(9-7-16)15(3)12-19-13-18-5-4-10-20-18/h6-9,14-15,18-19H,4-5,10-13H2,1-3H3. The summed E-state index contributed by atoms with van der Waals surface area (Å²) < 4.78 is 5.63. The SMILES string of the molecule is CC(C)Cc1ccc(C(C)CNCC2CCCO2)cc1. The van der Waals surface area contributed by atoms with Gasteiger partial charge in [-0.3, -0.25) is 0 Å². The molecular weight excluding hydrogens is 246 g/mol. The molecule has 1 aromatic rings. The van der Waals surface area contributed by atoms with Crippen LogP contribution < -0.4 is 5.32 Å². The molecule has 2 rings (SSSR count). The molecule has 112 valence electrons. The van der Waals surface area contributed by atoms with Gasteiger partial charge in [0.1, 0.15) is 0 Å². The van der Waals surface area contributed by atoms with Crippen LogP contribution >= 0.6 is 0 Å². The van der Waals surface area contributed by atoms with Gasteiger partial charge in [-0.1, -0.05) is 45.0 Å². The molecule has 1 aliphatic heterocycles. The summed E-state index contributed by atoms with van der Waals surface area (Å²) in [4.78, 5) is 0. The fourth-order valence-corrected chi connectivity index (χ4v) is 2.84. The molecule has 2 nitrogen and oxygen atoms in total. The second-order valence-corrected chi connectivity index (χ2v) is 6.53. The highest BCUT2D eigenvalue weighted by atomic mass is 16.5. The van der Waals surface area contributed by atoms with Crippen LogP contribution in [0.3, 0.4) is 0 Å². The minimum atomic E-state index is 0.440.